The zero-order valence-corrected chi connectivity index (χ0v) is 8.46. The van der Waals surface area contributed by atoms with Crippen molar-refractivity contribution in [2.45, 2.75) is 25.5 Å². The number of ether oxygens (including phenoxy) is 2. The summed E-state index contributed by atoms with van der Waals surface area (Å²) in [6.07, 6.45) is 0.244. The number of methoxy groups -OCH3 is 1. The average molecular weight is 173 g/mol. The van der Waals surface area contributed by atoms with Gasteiger partial charge in [0.25, 0.3) is 0 Å². The Morgan fingerprint density at radius 1 is 1.58 bits per heavy atom. The molecule has 3 heteroatoms. The molecule has 0 aromatic carbocycles. The summed E-state index contributed by atoms with van der Waals surface area (Å²) >= 11 is 0. The highest BCUT2D eigenvalue weighted by Gasteiger charge is 2.31. The van der Waals surface area contributed by atoms with E-state index in [9.17, 15) is 0 Å². The van der Waals surface area contributed by atoms with Crippen molar-refractivity contribution in [3.05, 3.63) is 0 Å². The van der Waals surface area contributed by atoms with E-state index in [0.717, 1.165) is 13.2 Å². The van der Waals surface area contributed by atoms with Crippen LogP contribution in [0.1, 0.15) is 13.8 Å². The lowest BCUT2D eigenvalue weighted by molar-refractivity contribution is -0.108. The molecule has 1 heterocycles. The van der Waals surface area contributed by atoms with Crippen molar-refractivity contribution < 1.29 is 9.47 Å². The summed E-state index contributed by atoms with van der Waals surface area (Å²) in [7, 11) is 3.84. The maximum absolute atomic E-state index is 5.64. The van der Waals surface area contributed by atoms with Gasteiger partial charge in [0.1, 0.15) is 0 Å². The summed E-state index contributed by atoms with van der Waals surface area (Å²) in [5, 5.41) is 0. The Balaban J connectivity index is 2.41. The predicted molar refractivity (Wildman–Crippen MR) is 48.3 cm³/mol. The Morgan fingerprint density at radius 3 is 2.75 bits per heavy atom. The molecule has 0 aliphatic carbocycles. The zero-order chi connectivity index (χ0) is 9.19. The van der Waals surface area contributed by atoms with E-state index in [2.05, 4.69) is 25.8 Å². The van der Waals surface area contributed by atoms with Gasteiger partial charge in [-0.05, 0) is 20.9 Å². The first-order valence-electron chi connectivity index (χ1n) is 4.38. The zero-order valence-electron chi connectivity index (χ0n) is 8.46. The van der Waals surface area contributed by atoms with E-state index in [-0.39, 0.29) is 11.6 Å². The SMILES string of the molecule is COC[C@H]1CN(C)C(C)(C)CO1. The summed E-state index contributed by atoms with van der Waals surface area (Å²) in [6, 6.07) is 0. The van der Waals surface area contributed by atoms with E-state index in [4.69, 9.17) is 9.47 Å². The van der Waals surface area contributed by atoms with Crippen LogP contribution in [0.2, 0.25) is 0 Å². The van der Waals surface area contributed by atoms with Gasteiger partial charge >= 0.3 is 0 Å². The first kappa shape index (κ1) is 9.96. The molecule has 0 aromatic rings. The number of morpholine rings is 1. The molecule has 1 aliphatic heterocycles. The Labute approximate surface area is 74.6 Å². The second kappa shape index (κ2) is 3.73. The van der Waals surface area contributed by atoms with Gasteiger partial charge in [0.15, 0.2) is 0 Å². The summed E-state index contributed by atoms with van der Waals surface area (Å²) < 4.78 is 10.7. The molecular formula is C9H19NO2. The monoisotopic (exact) mass is 173 g/mol. The molecule has 0 spiro atoms. The third-order valence-corrected chi connectivity index (χ3v) is 2.54. The molecule has 0 saturated carbocycles. The van der Waals surface area contributed by atoms with Crippen LogP contribution >= 0.6 is 0 Å². The van der Waals surface area contributed by atoms with Crippen LogP contribution in [0.25, 0.3) is 0 Å². The number of likely N-dealkylation sites (N-methyl/N-ethyl adjacent to an activating group) is 1. The smallest absolute Gasteiger partial charge is 0.0935 e. The van der Waals surface area contributed by atoms with E-state index in [1.807, 2.05) is 0 Å². The van der Waals surface area contributed by atoms with Crippen LogP contribution in [-0.4, -0.2) is 50.5 Å². The maximum atomic E-state index is 5.64. The van der Waals surface area contributed by atoms with Crippen LogP contribution < -0.4 is 0 Å². The molecule has 1 saturated heterocycles. The molecule has 0 N–H and O–H groups in total. The lowest BCUT2D eigenvalue weighted by Gasteiger charge is -2.42. The van der Waals surface area contributed by atoms with Crippen LogP contribution in [0.5, 0.6) is 0 Å². The molecular weight excluding hydrogens is 154 g/mol. The molecule has 0 radical (unpaired) electrons. The van der Waals surface area contributed by atoms with Crippen LogP contribution in [-0.2, 0) is 9.47 Å². The molecule has 1 atom stereocenters. The van der Waals surface area contributed by atoms with Gasteiger partial charge in [-0.25, -0.2) is 0 Å². The van der Waals surface area contributed by atoms with Crippen molar-refractivity contribution in [1.82, 2.24) is 4.90 Å². The molecule has 3 nitrogen and oxygen atoms in total. The largest absolute Gasteiger partial charge is 0.382 e. The lowest BCUT2D eigenvalue weighted by atomic mass is 10.0. The Kier molecular flexibility index (Phi) is 3.09. The highest BCUT2D eigenvalue weighted by atomic mass is 16.5. The number of hydrogen-bond donors (Lipinski definition) is 0. The third kappa shape index (κ3) is 2.19. The van der Waals surface area contributed by atoms with E-state index in [1.54, 1.807) is 7.11 Å². The highest BCUT2D eigenvalue weighted by Crippen LogP contribution is 2.19. The quantitative estimate of drug-likeness (QED) is 0.615. The van der Waals surface area contributed by atoms with Crippen LogP contribution in [0.3, 0.4) is 0 Å². The average Bonchev–Trinajstić information content (AvgIpc) is 1.98. The van der Waals surface area contributed by atoms with Gasteiger partial charge in [0, 0.05) is 19.2 Å². The van der Waals surface area contributed by atoms with E-state index < -0.39 is 0 Å². The first-order valence-corrected chi connectivity index (χ1v) is 4.38. The Morgan fingerprint density at radius 2 is 2.25 bits per heavy atom. The Hall–Kier alpha value is -0.120. The molecule has 1 aliphatic rings. The summed E-state index contributed by atoms with van der Waals surface area (Å²) in [4.78, 5) is 2.32. The van der Waals surface area contributed by atoms with Crippen molar-refractivity contribution in [2.75, 3.05) is 33.9 Å². The van der Waals surface area contributed by atoms with Gasteiger partial charge in [-0.1, -0.05) is 0 Å². The third-order valence-electron chi connectivity index (χ3n) is 2.54. The van der Waals surface area contributed by atoms with Gasteiger partial charge in [0.05, 0.1) is 19.3 Å². The van der Waals surface area contributed by atoms with Gasteiger partial charge in [-0.3, -0.25) is 4.90 Å². The topological polar surface area (TPSA) is 21.7 Å². The normalized spacial score (nSPS) is 30.5. The fourth-order valence-electron chi connectivity index (χ4n) is 1.32. The molecule has 12 heavy (non-hydrogen) atoms. The molecule has 0 bridgehead atoms. The fraction of sp³-hybridized carbons (Fsp3) is 1.00. The summed E-state index contributed by atoms with van der Waals surface area (Å²) in [5.74, 6) is 0. The van der Waals surface area contributed by atoms with Crippen molar-refractivity contribution in [1.29, 1.82) is 0 Å². The maximum Gasteiger partial charge on any atom is 0.0935 e. The van der Waals surface area contributed by atoms with Crippen molar-refractivity contribution in [3.8, 4) is 0 Å². The van der Waals surface area contributed by atoms with Gasteiger partial charge < -0.3 is 9.47 Å². The van der Waals surface area contributed by atoms with Crippen LogP contribution in [0.4, 0.5) is 0 Å². The lowest BCUT2D eigenvalue weighted by Crippen LogP contribution is -2.55. The molecule has 0 amide bonds. The fourth-order valence-corrected chi connectivity index (χ4v) is 1.32. The highest BCUT2D eigenvalue weighted by molar-refractivity contribution is 4.85. The minimum absolute atomic E-state index is 0.171. The minimum atomic E-state index is 0.171. The van der Waals surface area contributed by atoms with Crippen molar-refractivity contribution in [3.63, 3.8) is 0 Å². The first-order chi connectivity index (χ1) is 5.56. The number of hydrogen-bond acceptors (Lipinski definition) is 3. The summed E-state index contributed by atoms with van der Waals surface area (Å²) in [5.41, 5.74) is 0.171. The second-order valence-electron chi connectivity index (χ2n) is 4.08. The second-order valence-corrected chi connectivity index (χ2v) is 4.08. The molecule has 1 fully saturated rings. The predicted octanol–water partition coefficient (Wildman–Crippen LogP) is 0.742. The van der Waals surface area contributed by atoms with Crippen molar-refractivity contribution >= 4 is 0 Å². The molecule has 0 unspecified atom stereocenters. The standard InChI is InChI=1S/C9H19NO2/c1-9(2)7-12-8(6-11-4)5-10(9)3/h8H,5-7H2,1-4H3/t8-/m1/s1. The molecule has 72 valence electrons. The summed E-state index contributed by atoms with van der Waals surface area (Å²) in [6.45, 7) is 6.82. The number of nitrogens with zero attached hydrogens (tertiary/aromatic N) is 1. The Bertz CT molecular complexity index is 147. The number of rotatable bonds is 2. The van der Waals surface area contributed by atoms with Gasteiger partial charge in [0.2, 0.25) is 0 Å². The molecule has 0 aromatic heterocycles. The van der Waals surface area contributed by atoms with E-state index >= 15 is 0 Å². The van der Waals surface area contributed by atoms with E-state index in [1.165, 1.54) is 0 Å². The molecule has 1 rings (SSSR count). The van der Waals surface area contributed by atoms with Crippen LogP contribution in [0.15, 0.2) is 0 Å². The van der Waals surface area contributed by atoms with Gasteiger partial charge in [-0.2, -0.15) is 0 Å². The minimum Gasteiger partial charge on any atom is -0.382 e. The van der Waals surface area contributed by atoms with E-state index in [0.29, 0.717) is 6.61 Å². The van der Waals surface area contributed by atoms with Crippen LogP contribution in [0, 0.1) is 0 Å². The van der Waals surface area contributed by atoms with Gasteiger partial charge in [-0.15, -0.1) is 0 Å². The van der Waals surface area contributed by atoms with Crippen molar-refractivity contribution in [2.24, 2.45) is 0 Å².